The first-order valence-corrected chi connectivity index (χ1v) is 8.17. The fourth-order valence-electron chi connectivity index (χ4n) is 3.02. The highest BCUT2D eigenvalue weighted by molar-refractivity contribution is 7.99. The maximum absolute atomic E-state index is 9.25. The average molecular weight is 266 g/mol. The van der Waals surface area contributed by atoms with Crippen molar-refractivity contribution in [2.24, 2.45) is 5.92 Å². The quantitative estimate of drug-likeness (QED) is 0.912. The third-order valence-corrected chi connectivity index (χ3v) is 5.51. The fourth-order valence-corrected chi connectivity index (χ4v) is 4.35. The average Bonchev–Trinajstić information content (AvgIpc) is 2.80. The second-order valence-corrected chi connectivity index (χ2v) is 6.99. The molecule has 18 heavy (non-hydrogen) atoms. The number of thioether (sulfide) groups is 1. The number of aryl methyl sites for hydroxylation is 1. The van der Waals surface area contributed by atoms with E-state index in [-0.39, 0.29) is 0 Å². The van der Waals surface area contributed by atoms with Crippen LogP contribution in [-0.2, 0) is 19.4 Å². The molecule has 3 nitrogen and oxygen atoms in total. The number of hydrogen-bond donors (Lipinski definition) is 1. The van der Waals surface area contributed by atoms with Crippen molar-refractivity contribution in [1.82, 2.24) is 9.55 Å². The SMILES string of the molecule is OCC1CCc2nc(CC3CCCCS3)cn2C1. The Labute approximate surface area is 113 Å². The molecule has 2 aliphatic heterocycles. The van der Waals surface area contributed by atoms with Crippen LogP contribution in [0.25, 0.3) is 0 Å². The van der Waals surface area contributed by atoms with E-state index in [0.717, 1.165) is 31.1 Å². The first-order valence-electron chi connectivity index (χ1n) is 7.12. The number of fused-ring (bicyclic) bond motifs is 1. The summed E-state index contributed by atoms with van der Waals surface area (Å²) >= 11 is 2.12. The molecule has 1 aromatic rings. The molecule has 0 amide bonds. The van der Waals surface area contributed by atoms with Crippen molar-refractivity contribution in [3.8, 4) is 0 Å². The third kappa shape index (κ3) is 2.75. The van der Waals surface area contributed by atoms with Gasteiger partial charge < -0.3 is 9.67 Å². The summed E-state index contributed by atoms with van der Waals surface area (Å²) < 4.78 is 2.27. The van der Waals surface area contributed by atoms with Crippen LogP contribution in [0.15, 0.2) is 6.20 Å². The van der Waals surface area contributed by atoms with Gasteiger partial charge in [0.15, 0.2) is 0 Å². The van der Waals surface area contributed by atoms with Crippen LogP contribution < -0.4 is 0 Å². The minimum absolute atomic E-state index is 0.311. The van der Waals surface area contributed by atoms with Gasteiger partial charge in [-0.05, 0) is 25.0 Å². The standard InChI is InChI=1S/C14H22N2OS/c17-10-11-4-5-14-15-12(9-16(14)8-11)7-13-3-1-2-6-18-13/h9,11,13,17H,1-8,10H2. The summed E-state index contributed by atoms with van der Waals surface area (Å²) in [5.74, 6) is 2.99. The zero-order chi connectivity index (χ0) is 12.4. The molecule has 100 valence electrons. The molecule has 0 saturated carbocycles. The van der Waals surface area contributed by atoms with E-state index in [9.17, 15) is 5.11 Å². The Bertz CT molecular complexity index is 398. The van der Waals surface area contributed by atoms with Gasteiger partial charge in [0.2, 0.25) is 0 Å². The lowest BCUT2D eigenvalue weighted by molar-refractivity contribution is 0.190. The summed E-state index contributed by atoms with van der Waals surface area (Å²) in [7, 11) is 0. The largest absolute Gasteiger partial charge is 0.396 e. The highest BCUT2D eigenvalue weighted by Crippen LogP contribution is 2.28. The van der Waals surface area contributed by atoms with Gasteiger partial charge in [0.1, 0.15) is 5.82 Å². The van der Waals surface area contributed by atoms with Crippen molar-refractivity contribution < 1.29 is 5.11 Å². The van der Waals surface area contributed by atoms with Crippen molar-refractivity contribution in [3.63, 3.8) is 0 Å². The normalized spacial score (nSPS) is 28.1. The Morgan fingerprint density at radius 2 is 2.33 bits per heavy atom. The summed E-state index contributed by atoms with van der Waals surface area (Å²) in [6, 6.07) is 0. The van der Waals surface area contributed by atoms with E-state index < -0.39 is 0 Å². The molecule has 0 aromatic carbocycles. The Kier molecular flexibility index (Phi) is 3.94. The monoisotopic (exact) mass is 266 g/mol. The van der Waals surface area contributed by atoms with Gasteiger partial charge in [0, 0.05) is 43.4 Å². The van der Waals surface area contributed by atoms with E-state index >= 15 is 0 Å². The van der Waals surface area contributed by atoms with Gasteiger partial charge in [-0.25, -0.2) is 4.98 Å². The minimum Gasteiger partial charge on any atom is -0.396 e. The van der Waals surface area contributed by atoms with Gasteiger partial charge in [-0.2, -0.15) is 11.8 Å². The molecule has 1 N–H and O–H groups in total. The molecule has 3 rings (SSSR count). The van der Waals surface area contributed by atoms with E-state index in [4.69, 9.17) is 4.98 Å². The predicted molar refractivity (Wildman–Crippen MR) is 74.9 cm³/mol. The topological polar surface area (TPSA) is 38.1 Å². The highest BCUT2D eigenvalue weighted by atomic mass is 32.2. The molecule has 1 saturated heterocycles. The molecule has 4 heteroatoms. The third-order valence-electron chi connectivity index (χ3n) is 4.11. The van der Waals surface area contributed by atoms with Crippen LogP contribution in [0.4, 0.5) is 0 Å². The van der Waals surface area contributed by atoms with Gasteiger partial charge in [0.25, 0.3) is 0 Å². The molecule has 1 aromatic heterocycles. The van der Waals surface area contributed by atoms with Crippen molar-refractivity contribution in [2.75, 3.05) is 12.4 Å². The highest BCUT2D eigenvalue weighted by Gasteiger charge is 2.21. The molecule has 1 fully saturated rings. The Balaban J connectivity index is 1.65. The van der Waals surface area contributed by atoms with Gasteiger partial charge in [0.05, 0.1) is 5.69 Å². The van der Waals surface area contributed by atoms with E-state index in [1.807, 2.05) is 0 Å². The number of aliphatic hydroxyl groups excluding tert-OH is 1. The fraction of sp³-hybridized carbons (Fsp3) is 0.786. The molecular formula is C14H22N2OS. The number of aliphatic hydroxyl groups is 1. The van der Waals surface area contributed by atoms with Gasteiger partial charge in [-0.3, -0.25) is 0 Å². The summed E-state index contributed by atoms with van der Waals surface area (Å²) in [6.45, 7) is 1.27. The predicted octanol–water partition coefficient (Wildman–Crippen LogP) is 2.27. The molecule has 0 bridgehead atoms. The van der Waals surface area contributed by atoms with Crippen LogP contribution in [0.1, 0.15) is 37.2 Å². The van der Waals surface area contributed by atoms with Crippen molar-refractivity contribution in [2.45, 2.75) is 50.3 Å². The molecule has 0 spiro atoms. The van der Waals surface area contributed by atoms with Crippen LogP contribution >= 0.6 is 11.8 Å². The van der Waals surface area contributed by atoms with Crippen LogP contribution in [0.2, 0.25) is 0 Å². The number of hydrogen-bond acceptors (Lipinski definition) is 3. The Morgan fingerprint density at radius 3 is 3.11 bits per heavy atom. The maximum atomic E-state index is 9.25. The van der Waals surface area contributed by atoms with E-state index in [0.29, 0.717) is 12.5 Å². The van der Waals surface area contributed by atoms with E-state index in [1.165, 1.54) is 36.5 Å². The number of aromatic nitrogens is 2. The van der Waals surface area contributed by atoms with Gasteiger partial charge in [-0.15, -0.1) is 0 Å². The van der Waals surface area contributed by atoms with E-state index in [2.05, 4.69) is 22.5 Å². The number of rotatable bonds is 3. The van der Waals surface area contributed by atoms with Crippen molar-refractivity contribution >= 4 is 11.8 Å². The number of nitrogens with zero attached hydrogens (tertiary/aromatic N) is 2. The zero-order valence-corrected chi connectivity index (χ0v) is 11.7. The van der Waals surface area contributed by atoms with Gasteiger partial charge in [-0.1, -0.05) is 6.42 Å². The Hall–Kier alpha value is -0.480. The maximum Gasteiger partial charge on any atom is 0.108 e. The summed E-state index contributed by atoms with van der Waals surface area (Å²) in [5, 5.41) is 10.0. The molecular weight excluding hydrogens is 244 g/mol. The van der Waals surface area contributed by atoms with Gasteiger partial charge >= 0.3 is 0 Å². The lowest BCUT2D eigenvalue weighted by Gasteiger charge is -2.21. The minimum atomic E-state index is 0.311. The first kappa shape index (κ1) is 12.5. The van der Waals surface area contributed by atoms with E-state index in [1.54, 1.807) is 0 Å². The zero-order valence-electron chi connectivity index (χ0n) is 10.8. The molecule has 2 aliphatic rings. The summed E-state index contributed by atoms with van der Waals surface area (Å²) in [6.07, 6.45) is 9.61. The first-order chi connectivity index (χ1) is 8.85. The second-order valence-electron chi connectivity index (χ2n) is 5.58. The molecule has 0 radical (unpaired) electrons. The number of imidazole rings is 1. The van der Waals surface area contributed by atoms with Crippen LogP contribution in [0.3, 0.4) is 0 Å². The van der Waals surface area contributed by atoms with Crippen molar-refractivity contribution in [3.05, 3.63) is 17.7 Å². The lowest BCUT2D eigenvalue weighted by atomic mass is 10.0. The van der Waals surface area contributed by atoms with Crippen molar-refractivity contribution in [1.29, 1.82) is 0 Å². The summed E-state index contributed by atoms with van der Waals surface area (Å²) in [5.41, 5.74) is 1.27. The van der Waals surface area contributed by atoms with Crippen LogP contribution in [0.5, 0.6) is 0 Å². The molecule has 2 unspecified atom stereocenters. The Morgan fingerprint density at radius 1 is 1.39 bits per heavy atom. The second kappa shape index (κ2) is 5.66. The van der Waals surface area contributed by atoms with Crippen LogP contribution in [-0.4, -0.2) is 32.3 Å². The summed E-state index contributed by atoms with van der Waals surface area (Å²) in [4.78, 5) is 4.78. The lowest BCUT2D eigenvalue weighted by Crippen LogP contribution is -2.22. The van der Waals surface area contributed by atoms with Crippen LogP contribution in [0, 0.1) is 5.92 Å². The molecule has 0 aliphatic carbocycles. The molecule has 2 atom stereocenters. The smallest absolute Gasteiger partial charge is 0.108 e. The molecule has 3 heterocycles.